The third-order valence-corrected chi connectivity index (χ3v) is 6.11. The van der Waals surface area contributed by atoms with Crippen LogP contribution in [-0.2, 0) is 20.0 Å². The van der Waals surface area contributed by atoms with Crippen molar-refractivity contribution in [3.8, 4) is 28.5 Å². The topological polar surface area (TPSA) is 112 Å². The van der Waals surface area contributed by atoms with Crippen LogP contribution >= 0.6 is 0 Å². The lowest BCUT2D eigenvalue weighted by atomic mass is 10.0. The zero-order valence-electron chi connectivity index (χ0n) is 20.0. The highest BCUT2D eigenvalue weighted by atomic mass is 16.1. The summed E-state index contributed by atoms with van der Waals surface area (Å²) in [4.78, 5) is 18.2. The second-order valence-electron chi connectivity index (χ2n) is 8.57. The lowest BCUT2D eigenvalue weighted by Crippen LogP contribution is -2.26. The van der Waals surface area contributed by atoms with Crippen molar-refractivity contribution < 1.29 is 0 Å². The molecule has 1 N–H and O–H groups in total. The first-order valence-corrected chi connectivity index (χ1v) is 11.6. The predicted molar refractivity (Wildman–Crippen MR) is 132 cm³/mol. The molecular weight excluding hydrogens is 442 g/mol. The third kappa shape index (κ3) is 4.30. The maximum atomic E-state index is 13.5. The molecule has 0 saturated heterocycles. The molecule has 0 fully saturated rings. The van der Waals surface area contributed by atoms with E-state index in [1.54, 1.807) is 15.4 Å². The van der Waals surface area contributed by atoms with E-state index < -0.39 is 0 Å². The van der Waals surface area contributed by atoms with Gasteiger partial charge in [-0.3, -0.25) is 18.8 Å². The molecule has 35 heavy (non-hydrogen) atoms. The lowest BCUT2D eigenvalue weighted by molar-refractivity contribution is 0.663. The Morgan fingerprint density at radius 2 is 1.89 bits per heavy atom. The summed E-state index contributed by atoms with van der Waals surface area (Å²) in [6.45, 7) is 4.56. The number of aromatic nitrogens is 9. The summed E-state index contributed by atoms with van der Waals surface area (Å²) < 4.78 is 5.28. The fourth-order valence-corrected chi connectivity index (χ4v) is 4.33. The Kier molecular flexibility index (Phi) is 6.09. The molecule has 4 heterocycles. The minimum atomic E-state index is -0.0747. The van der Waals surface area contributed by atoms with E-state index in [1.165, 1.54) is 0 Å². The number of aromatic amines is 1. The molecule has 0 aliphatic carbocycles. The highest BCUT2D eigenvalue weighted by Gasteiger charge is 2.17. The molecule has 10 heteroatoms. The molecular formula is C25H27N9O. The van der Waals surface area contributed by atoms with Crippen molar-refractivity contribution in [2.75, 3.05) is 0 Å². The summed E-state index contributed by atoms with van der Waals surface area (Å²) in [5, 5.41) is 18.7. The van der Waals surface area contributed by atoms with Crippen LogP contribution in [0.4, 0.5) is 0 Å². The number of rotatable bonds is 8. The highest BCUT2D eigenvalue weighted by Crippen LogP contribution is 2.28. The molecule has 5 aromatic rings. The molecule has 0 amide bonds. The number of aryl methyl sites for hydroxylation is 3. The van der Waals surface area contributed by atoms with Crippen molar-refractivity contribution in [2.24, 2.45) is 7.05 Å². The van der Waals surface area contributed by atoms with Gasteiger partial charge in [-0.05, 0) is 36.6 Å². The molecule has 1 aromatic carbocycles. The second kappa shape index (κ2) is 9.49. The van der Waals surface area contributed by atoms with Gasteiger partial charge in [0, 0.05) is 41.8 Å². The minimum absolute atomic E-state index is 0.0747. The maximum absolute atomic E-state index is 13.5. The molecule has 0 aliphatic rings. The number of tetrazole rings is 1. The van der Waals surface area contributed by atoms with Crippen LogP contribution in [0.5, 0.6) is 0 Å². The Hall–Kier alpha value is -4.34. The van der Waals surface area contributed by atoms with Crippen LogP contribution in [0.2, 0.25) is 0 Å². The molecule has 0 atom stereocenters. The van der Waals surface area contributed by atoms with Crippen molar-refractivity contribution in [2.45, 2.75) is 39.7 Å². The normalized spacial score (nSPS) is 11.3. The van der Waals surface area contributed by atoms with Gasteiger partial charge in [-0.15, -0.1) is 10.2 Å². The van der Waals surface area contributed by atoms with E-state index in [4.69, 9.17) is 4.98 Å². The van der Waals surface area contributed by atoms with Gasteiger partial charge in [0.25, 0.3) is 0 Å². The standard InChI is InChI=1S/C25H27N9O/c1-4-5-8-19-16-34(24-17(2)13-27-32(24)3)25(35)33(19)15-18-11-12-22(26-14-18)20-9-6-7-10-21(20)23-28-30-31-29-23/h6-7,9-14,16H,4-5,8,15H2,1-3H3,(H,28,29,30,31). The summed E-state index contributed by atoms with van der Waals surface area (Å²) in [5.74, 6) is 1.31. The summed E-state index contributed by atoms with van der Waals surface area (Å²) >= 11 is 0. The van der Waals surface area contributed by atoms with Gasteiger partial charge in [-0.2, -0.15) is 10.3 Å². The highest BCUT2D eigenvalue weighted by molar-refractivity contribution is 5.78. The van der Waals surface area contributed by atoms with E-state index in [-0.39, 0.29) is 5.69 Å². The molecule has 0 bridgehead atoms. The van der Waals surface area contributed by atoms with Crippen LogP contribution in [-0.4, -0.2) is 44.5 Å². The fraction of sp³-hybridized carbons (Fsp3) is 0.280. The zero-order valence-corrected chi connectivity index (χ0v) is 20.0. The van der Waals surface area contributed by atoms with Crippen molar-refractivity contribution in [3.63, 3.8) is 0 Å². The van der Waals surface area contributed by atoms with E-state index in [1.807, 2.05) is 67.3 Å². The van der Waals surface area contributed by atoms with E-state index in [0.29, 0.717) is 12.4 Å². The van der Waals surface area contributed by atoms with Crippen molar-refractivity contribution in [1.29, 1.82) is 0 Å². The Morgan fingerprint density at radius 3 is 2.54 bits per heavy atom. The van der Waals surface area contributed by atoms with Gasteiger partial charge in [-0.25, -0.2) is 4.79 Å². The summed E-state index contributed by atoms with van der Waals surface area (Å²) in [6, 6.07) is 11.8. The second-order valence-corrected chi connectivity index (χ2v) is 8.57. The smallest absolute Gasteiger partial charge is 0.292 e. The molecule has 0 spiro atoms. The van der Waals surface area contributed by atoms with Crippen molar-refractivity contribution in [1.82, 2.24) is 44.5 Å². The summed E-state index contributed by atoms with van der Waals surface area (Å²) in [6.07, 6.45) is 8.45. The summed E-state index contributed by atoms with van der Waals surface area (Å²) in [5.41, 5.74) is 5.40. The number of hydrogen-bond donors (Lipinski definition) is 1. The number of benzene rings is 1. The number of hydrogen-bond acceptors (Lipinski definition) is 6. The monoisotopic (exact) mass is 469 g/mol. The van der Waals surface area contributed by atoms with Gasteiger partial charge in [0.2, 0.25) is 5.82 Å². The van der Waals surface area contributed by atoms with Crippen LogP contribution in [0.25, 0.3) is 28.5 Å². The number of pyridine rings is 1. The van der Waals surface area contributed by atoms with E-state index in [0.717, 1.165) is 58.7 Å². The molecule has 178 valence electrons. The van der Waals surface area contributed by atoms with E-state index in [2.05, 4.69) is 32.6 Å². The van der Waals surface area contributed by atoms with Crippen LogP contribution in [0.1, 0.15) is 36.6 Å². The predicted octanol–water partition coefficient (Wildman–Crippen LogP) is 3.31. The Labute approximate surface area is 202 Å². The van der Waals surface area contributed by atoms with Crippen molar-refractivity contribution >= 4 is 0 Å². The van der Waals surface area contributed by atoms with Gasteiger partial charge in [0.05, 0.1) is 18.4 Å². The SMILES string of the molecule is CCCCc1cn(-c2c(C)cnn2C)c(=O)n1Cc1ccc(-c2ccccc2-c2nn[nH]n2)nc1. The number of nitrogens with zero attached hydrogens (tertiary/aromatic N) is 8. The molecule has 0 aliphatic heterocycles. The van der Waals surface area contributed by atoms with E-state index in [9.17, 15) is 4.79 Å². The number of nitrogens with one attached hydrogen (secondary N) is 1. The first-order valence-electron chi connectivity index (χ1n) is 11.6. The number of unbranched alkanes of at least 4 members (excludes halogenated alkanes) is 1. The first kappa shape index (κ1) is 22.5. The van der Waals surface area contributed by atoms with Crippen molar-refractivity contribution in [3.05, 3.63) is 82.3 Å². The van der Waals surface area contributed by atoms with Gasteiger partial charge in [0.1, 0.15) is 5.82 Å². The van der Waals surface area contributed by atoms with Crippen LogP contribution in [0, 0.1) is 6.92 Å². The van der Waals surface area contributed by atoms with E-state index >= 15 is 0 Å². The lowest BCUT2D eigenvalue weighted by Gasteiger charge is -2.09. The number of imidazole rings is 1. The molecule has 4 aromatic heterocycles. The number of H-pyrrole nitrogens is 1. The summed E-state index contributed by atoms with van der Waals surface area (Å²) in [7, 11) is 1.85. The average molecular weight is 470 g/mol. The largest absolute Gasteiger partial charge is 0.334 e. The average Bonchev–Trinajstić information content (AvgIpc) is 3.60. The Bertz CT molecular complexity index is 1470. The maximum Gasteiger partial charge on any atom is 0.334 e. The molecule has 0 unspecified atom stereocenters. The zero-order chi connectivity index (χ0) is 24.4. The molecule has 5 rings (SSSR count). The van der Waals surface area contributed by atoms with Crippen LogP contribution < -0.4 is 5.69 Å². The van der Waals surface area contributed by atoms with Gasteiger partial charge >= 0.3 is 5.69 Å². The quantitative estimate of drug-likeness (QED) is 0.373. The molecule has 0 radical (unpaired) electrons. The molecule has 10 nitrogen and oxygen atoms in total. The Balaban J connectivity index is 1.48. The minimum Gasteiger partial charge on any atom is -0.292 e. The Morgan fingerprint density at radius 1 is 1.06 bits per heavy atom. The third-order valence-electron chi connectivity index (χ3n) is 6.11. The fourth-order valence-electron chi connectivity index (χ4n) is 4.33. The van der Waals surface area contributed by atoms with Gasteiger partial charge in [0.15, 0.2) is 0 Å². The van der Waals surface area contributed by atoms with Gasteiger partial charge < -0.3 is 0 Å². The first-order chi connectivity index (χ1) is 17.1. The molecule has 0 saturated carbocycles. The van der Waals surface area contributed by atoms with Gasteiger partial charge in [-0.1, -0.05) is 43.7 Å². The van der Waals surface area contributed by atoms with Crippen LogP contribution in [0.3, 0.4) is 0 Å². The van der Waals surface area contributed by atoms with Crippen LogP contribution in [0.15, 0.2) is 59.8 Å².